The van der Waals surface area contributed by atoms with Gasteiger partial charge in [-0.2, -0.15) is 5.10 Å². The molecule has 20 heavy (non-hydrogen) atoms. The molecule has 2 N–H and O–H groups in total. The van der Waals surface area contributed by atoms with Crippen LogP contribution in [0, 0.1) is 0 Å². The maximum absolute atomic E-state index is 11.5. The Morgan fingerprint density at radius 2 is 1.85 bits per heavy atom. The predicted molar refractivity (Wildman–Crippen MR) is 74.5 cm³/mol. The molecule has 106 valence electrons. The zero-order chi connectivity index (χ0) is 14.5. The maximum atomic E-state index is 11.5. The van der Waals surface area contributed by atoms with Gasteiger partial charge in [0.25, 0.3) is 0 Å². The number of hydrazone groups is 1. The number of methoxy groups -OCH3 is 1. The first-order chi connectivity index (χ1) is 9.60. The highest BCUT2D eigenvalue weighted by Gasteiger charge is 2.26. The summed E-state index contributed by atoms with van der Waals surface area (Å²) in [7, 11) is 1.59. The molecule has 0 heterocycles. The highest BCUT2D eigenvalue weighted by Crippen LogP contribution is 2.18. The van der Waals surface area contributed by atoms with Crippen molar-refractivity contribution in [3.05, 3.63) is 29.8 Å². The molecule has 0 unspecified atom stereocenters. The number of hydrogen-bond acceptors (Lipinski definition) is 4. The van der Waals surface area contributed by atoms with E-state index in [0.29, 0.717) is 5.71 Å². The maximum Gasteiger partial charge on any atom is 0.329 e. The molecule has 1 aromatic carbocycles. The molecular formula is C14H17N3O3. The fraction of sp³-hybridized carbons (Fsp3) is 0.357. The van der Waals surface area contributed by atoms with Crippen molar-refractivity contribution in [2.75, 3.05) is 7.11 Å². The summed E-state index contributed by atoms with van der Waals surface area (Å²) in [5.74, 6) is -0.641. The van der Waals surface area contributed by atoms with Crippen LogP contribution in [0.1, 0.15) is 25.3 Å². The molecule has 0 atom stereocenters. The highest BCUT2D eigenvalue weighted by atomic mass is 16.5. The number of carbonyl (C=O) groups is 2. The normalized spacial score (nSPS) is 14.6. The number of nitrogens with zero attached hydrogens (tertiary/aromatic N) is 1. The number of hydrogen-bond donors (Lipinski definition) is 2. The first-order valence-corrected chi connectivity index (χ1v) is 6.39. The molecule has 0 aromatic heterocycles. The van der Waals surface area contributed by atoms with Crippen LogP contribution in [0.25, 0.3) is 0 Å². The fourth-order valence-corrected chi connectivity index (χ4v) is 1.56. The van der Waals surface area contributed by atoms with Crippen LogP contribution in [0.4, 0.5) is 0 Å². The van der Waals surface area contributed by atoms with E-state index in [-0.39, 0.29) is 6.04 Å². The summed E-state index contributed by atoms with van der Waals surface area (Å²) in [6.45, 7) is 1.75. The van der Waals surface area contributed by atoms with Crippen LogP contribution < -0.4 is 15.5 Å². The molecule has 0 bridgehead atoms. The Morgan fingerprint density at radius 1 is 1.20 bits per heavy atom. The second-order valence-corrected chi connectivity index (χ2v) is 4.61. The van der Waals surface area contributed by atoms with Gasteiger partial charge in [0, 0.05) is 6.04 Å². The zero-order valence-electron chi connectivity index (χ0n) is 11.5. The van der Waals surface area contributed by atoms with E-state index in [1.54, 1.807) is 26.2 Å². The largest absolute Gasteiger partial charge is 0.497 e. The van der Waals surface area contributed by atoms with Gasteiger partial charge in [0.1, 0.15) is 5.75 Å². The lowest BCUT2D eigenvalue weighted by atomic mass is 10.1. The molecular weight excluding hydrogens is 258 g/mol. The molecule has 0 spiro atoms. The van der Waals surface area contributed by atoms with E-state index in [1.807, 2.05) is 12.1 Å². The lowest BCUT2D eigenvalue weighted by Gasteiger charge is -2.04. The smallest absolute Gasteiger partial charge is 0.329 e. The highest BCUT2D eigenvalue weighted by molar-refractivity contribution is 6.35. The van der Waals surface area contributed by atoms with Crippen LogP contribution >= 0.6 is 0 Å². The molecule has 1 aliphatic rings. The third kappa shape index (κ3) is 3.81. The van der Waals surface area contributed by atoms with E-state index in [2.05, 4.69) is 15.8 Å². The van der Waals surface area contributed by atoms with E-state index in [4.69, 9.17) is 4.74 Å². The summed E-state index contributed by atoms with van der Waals surface area (Å²) in [5.41, 5.74) is 3.70. The predicted octanol–water partition coefficient (Wildman–Crippen LogP) is 0.814. The molecule has 1 saturated carbocycles. The Hall–Kier alpha value is -2.37. The summed E-state index contributed by atoms with van der Waals surface area (Å²) in [4.78, 5) is 22.9. The van der Waals surface area contributed by atoms with E-state index >= 15 is 0 Å². The number of benzene rings is 1. The average Bonchev–Trinajstić information content (AvgIpc) is 3.28. The van der Waals surface area contributed by atoms with Crippen LogP contribution in [0.5, 0.6) is 5.75 Å². The topological polar surface area (TPSA) is 79.8 Å². The Bertz CT molecular complexity index is 533. The minimum atomic E-state index is -0.746. The Kier molecular flexibility index (Phi) is 4.34. The number of nitrogens with one attached hydrogen (secondary N) is 2. The van der Waals surface area contributed by atoms with Crippen molar-refractivity contribution in [2.24, 2.45) is 5.10 Å². The van der Waals surface area contributed by atoms with Crippen LogP contribution in [0.15, 0.2) is 29.4 Å². The van der Waals surface area contributed by atoms with Gasteiger partial charge in [0.2, 0.25) is 0 Å². The number of ether oxygens (including phenoxy) is 1. The molecule has 0 radical (unpaired) electrons. The van der Waals surface area contributed by atoms with Crippen molar-refractivity contribution in [3.8, 4) is 5.75 Å². The molecule has 6 nitrogen and oxygen atoms in total. The summed E-state index contributed by atoms with van der Waals surface area (Å²) in [5, 5.41) is 6.51. The van der Waals surface area contributed by atoms with Gasteiger partial charge in [-0.05, 0) is 49.6 Å². The van der Waals surface area contributed by atoms with E-state index in [1.165, 1.54) is 0 Å². The van der Waals surface area contributed by atoms with E-state index in [9.17, 15) is 9.59 Å². The van der Waals surface area contributed by atoms with Crippen molar-refractivity contribution >= 4 is 17.5 Å². The first-order valence-electron chi connectivity index (χ1n) is 6.39. The molecule has 2 amide bonds. The minimum absolute atomic E-state index is 0.153. The van der Waals surface area contributed by atoms with Crippen LogP contribution in [-0.4, -0.2) is 30.7 Å². The molecule has 0 saturated heterocycles. The van der Waals surface area contributed by atoms with Gasteiger partial charge in [-0.15, -0.1) is 0 Å². The monoisotopic (exact) mass is 275 g/mol. The third-order valence-corrected chi connectivity index (χ3v) is 2.95. The third-order valence-electron chi connectivity index (χ3n) is 2.95. The van der Waals surface area contributed by atoms with Gasteiger partial charge in [-0.25, -0.2) is 5.43 Å². The van der Waals surface area contributed by atoms with Gasteiger partial charge < -0.3 is 10.1 Å². The summed E-state index contributed by atoms with van der Waals surface area (Å²) in [6, 6.07) is 7.41. The van der Waals surface area contributed by atoms with Crippen LogP contribution in [0.3, 0.4) is 0 Å². The molecule has 1 fully saturated rings. The van der Waals surface area contributed by atoms with Gasteiger partial charge in [-0.1, -0.05) is 0 Å². The Labute approximate surface area is 117 Å². The van der Waals surface area contributed by atoms with Gasteiger partial charge in [0.15, 0.2) is 0 Å². The Balaban J connectivity index is 1.91. The van der Waals surface area contributed by atoms with E-state index < -0.39 is 11.8 Å². The number of carbonyl (C=O) groups excluding carboxylic acids is 2. The van der Waals surface area contributed by atoms with Crippen LogP contribution in [-0.2, 0) is 9.59 Å². The van der Waals surface area contributed by atoms with Crippen LogP contribution in [0.2, 0.25) is 0 Å². The fourth-order valence-electron chi connectivity index (χ4n) is 1.56. The lowest BCUT2D eigenvalue weighted by molar-refractivity contribution is -0.139. The molecule has 1 aliphatic carbocycles. The van der Waals surface area contributed by atoms with E-state index in [0.717, 1.165) is 24.2 Å². The van der Waals surface area contributed by atoms with Gasteiger partial charge in [0.05, 0.1) is 12.8 Å². The first kappa shape index (κ1) is 14.0. The van der Waals surface area contributed by atoms with Gasteiger partial charge >= 0.3 is 11.8 Å². The minimum Gasteiger partial charge on any atom is -0.497 e. The molecule has 1 aromatic rings. The van der Waals surface area contributed by atoms with Crippen molar-refractivity contribution in [3.63, 3.8) is 0 Å². The summed E-state index contributed by atoms with van der Waals surface area (Å²) >= 11 is 0. The quantitative estimate of drug-likeness (QED) is 0.485. The second-order valence-electron chi connectivity index (χ2n) is 4.61. The SMILES string of the molecule is COc1ccc(/C(C)=N\NC(=O)C(=O)NC2CC2)cc1. The number of amides is 2. The second kappa shape index (κ2) is 6.18. The van der Waals surface area contributed by atoms with Crippen molar-refractivity contribution in [1.82, 2.24) is 10.7 Å². The van der Waals surface area contributed by atoms with Crippen molar-refractivity contribution in [1.29, 1.82) is 0 Å². The summed E-state index contributed by atoms with van der Waals surface area (Å²) < 4.78 is 5.06. The molecule has 6 heteroatoms. The lowest BCUT2D eigenvalue weighted by Crippen LogP contribution is -2.39. The Morgan fingerprint density at radius 3 is 2.40 bits per heavy atom. The van der Waals surface area contributed by atoms with Gasteiger partial charge in [-0.3, -0.25) is 9.59 Å². The average molecular weight is 275 g/mol. The summed E-state index contributed by atoms with van der Waals surface area (Å²) in [6.07, 6.45) is 1.88. The van der Waals surface area contributed by atoms with Crippen molar-refractivity contribution in [2.45, 2.75) is 25.8 Å². The molecule has 2 rings (SSSR count). The molecule has 0 aliphatic heterocycles. The number of rotatable bonds is 4. The standard InChI is InChI=1S/C14H17N3O3/c1-9(10-3-7-12(20-2)8-4-10)16-17-14(19)13(18)15-11-5-6-11/h3-4,7-8,11H,5-6H2,1-2H3,(H,15,18)(H,17,19)/b16-9-. The van der Waals surface area contributed by atoms with Crippen molar-refractivity contribution < 1.29 is 14.3 Å². The zero-order valence-corrected chi connectivity index (χ0v) is 11.5.